The molecule has 3 rings (SSSR count). The van der Waals surface area contributed by atoms with E-state index in [-0.39, 0.29) is 56.4 Å². The molecule has 12 heteroatoms. The molecule has 3 fully saturated rings. The van der Waals surface area contributed by atoms with E-state index in [1.807, 2.05) is 41.5 Å². The Morgan fingerprint density at radius 1 is 0.605 bits per heavy atom. The molecule has 38 heavy (non-hydrogen) atoms. The highest BCUT2D eigenvalue weighted by Gasteiger charge is 2.38. The van der Waals surface area contributed by atoms with Crippen molar-refractivity contribution in [3.8, 4) is 0 Å². The normalized spacial score (nSPS) is 39.2. The van der Waals surface area contributed by atoms with Gasteiger partial charge in [0.25, 0.3) is 0 Å². The summed E-state index contributed by atoms with van der Waals surface area (Å²) in [5.41, 5.74) is 0. The third kappa shape index (κ3) is 12.8. The van der Waals surface area contributed by atoms with Gasteiger partial charge in [-0.2, -0.15) is 0 Å². The van der Waals surface area contributed by atoms with E-state index in [2.05, 4.69) is 0 Å². The molecular formula is C26H54O12. The van der Waals surface area contributed by atoms with Gasteiger partial charge in [-0.3, -0.25) is 0 Å². The molecule has 11 atom stereocenters. The van der Waals surface area contributed by atoms with Gasteiger partial charge in [-0.1, -0.05) is 41.5 Å². The van der Waals surface area contributed by atoms with E-state index >= 15 is 0 Å². The quantitative estimate of drug-likeness (QED) is 0.197. The molecule has 230 valence electrons. The molecule has 0 spiro atoms. The van der Waals surface area contributed by atoms with Crippen LogP contribution in [0, 0.1) is 11.8 Å². The molecule has 9 unspecified atom stereocenters. The van der Waals surface area contributed by atoms with Crippen LogP contribution in [0.4, 0.5) is 0 Å². The molecule has 0 saturated carbocycles. The first-order valence-electron chi connectivity index (χ1n) is 13.7. The minimum atomic E-state index is -0.958. The van der Waals surface area contributed by atoms with Gasteiger partial charge in [0, 0.05) is 25.7 Å². The van der Waals surface area contributed by atoms with Gasteiger partial charge < -0.3 is 60.2 Å². The second kappa shape index (κ2) is 19.6. The first-order valence-corrected chi connectivity index (χ1v) is 13.7. The number of rotatable bonds is 5. The molecule has 3 heterocycles. The highest BCUT2D eigenvalue weighted by molar-refractivity contribution is 4.87. The van der Waals surface area contributed by atoms with Gasteiger partial charge in [0.15, 0.2) is 6.29 Å². The van der Waals surface area contributed by atoms with Crippen molar-refractivity contribution >= 4 is 0 Å². The Hall–Kier alpha value is -0.480. The lowest BCUT2D eigenvalue weighted by Gasteiger charge is -2.38. The van der Waals surface area contributed by atoms with Gasteiger partial charge in [0.05, 0.1) is 62.5 Å². The van der Waals surface area contributed by atoms with Gasteiger partial charge in [0.2, 0.25) is 0 Å². The van der Waals surface area contributed by atoms with Crippen LogP contribution in [0.15, 0.2) is 0 Å². The maximum Gasteiger partial charge on any atom is 0.157 e. The van der Waals surface area contributed by atoms with E-state index in [9.17, 15) is 20.4 Å². The molecule has 0 bridgehead atoms. The summed E-state index contributed by atoms with van der Waals surface area (Å²) in [4.78, 5) is 0. The number of aliphatic hydroxyl groups is 9. The summed E-state index contributed by atoms with van der Waals surface area (Å²) in [6.45, 7) is 11.3. The van der Waals surface area contributed by atoms with E-state index in [0.29, 0.717) is 19.3 Å². The lowest BCUT2D eigenvalue weighted by atomic mass is 9.91. The summed E-state index contributed by atoms with van der Waals surface area (Å²) in [5.74, 6) is 0.426. The van der Waals surface area contributed by atoms with Crippen LogP contribution < -0.4 is 0 Å². The minimum Gasteiger partial charge on any atom is -0.394 e. The van der Waals surface area contributed by atoms with Crippen LogP contribution in [0.25, 0.3) is 0 Å². The summed E-state index contributed by atoms with van der Waals surface area (Å²) in [7, 11) is 0. The molecular weight excluding hydrogens is 504 g/mol. The molecule has 0 amide bonds. The summed E-state index contributed by atoms with van der Waals surface area (Å²) in [5, 5.41) is 82.1. The first-order chi connectivity index (χ1) is 17.8. The molecule has 0 aromatic carbocycles. The first kappa shape index (κ1) is 37.5. The number of ether oxygens (including phenoxy) is 3. The van der Waals surface area contributed by atoms with Crippen molar-refractivity contribution in [2.24, 2.45) is 11.8 Å². The molecule has 3 aliphatic rings. The fourth-order valence-corrected chi connectivity index (χ4v) is 4.30. The van der Waals surface area contributed by atoms with Gasteiger partial charge in [-0.05, 0) is 11.8 Å². The second-order valence-electron chi connectivity index (χ2n) is 10.4. The predicted molar refractivity (Wildman–Crippen MR) is 139 cm³/mol. The Labute approximate surface area is 226 Å². The van der Waals surface area contributed by atoms with Gasteiger partial charge >= 0.3 is 0 Å². The maximum atomic E-state index is 9.56. The zero-order valence-electron chi connectivity index (χ0n) is 23.7. The lowest BCUT2D eigenvalue weighted by molar-refractivity contribution is -0.197. The van der Waals surface area contributed by atoms with Crippen molar-refractivity contribution < 1.29 is 60.2 Å². The summed E-state index contributed by atoms with van der Waals surface area (Å²) in [6, 6.07) is 0. The number of aliphatic hydroxyl groups excluding tert-OH is 9. The third-order valence-corrected chi connectivity index (χ3v) is 6.53. The Morgan fingerprint density at radius 2 is 1.13 bits per heavy atom. The Balaban J connectivity index is 0.000000527. The summed E-state index contributed by atoms with van der Waals surface area (Å²) >= 11 is 0. The molecule has 9 N–H and O–H groups in total. The standard InChI is InChI=1S/2C9H18O4.C6H12O4.C2H6/c1-5(2)7-3-6(11)9(12)8(4-10)13-7;1-5(2)9-8(12)7(11)3-6(4-10)13-9;7-3-5-1-4(8)2-6(9)10-5;1-2/h2*5-12H,3-4H2,1-2H3;4-9H,1-3H2;1-2H3/t6?,7?,8?,9-;6?,7?,8-,9?;;/m01../s1. The zero-order chi connectivity index (χ0) is 29.6. The van der Waals surface area contributed by atoms with Crippen molar-refractivity contribution in [1.82, 2.24) is 0 Å². The fourth-order valence-electron chi connectivity index (χ4n) is 4.30. The van der Waals surface area contributed by atoms with Crippen molar-refractivity contribution in [2.75, 3.05) is 19.8 Å². The second-order valence-corrected chi connectivity index (χ2v) is 10.4. The lowest BCUT2D eigenvalue weighted by Crippen LogP contribution is -2.51. The molecule has 0 aromatic rings. The fraction of sp³-hybridized carbons (Fsp3) is 1.00. The topological polar surface area (TPSA) is 210 Å². The highest BCUT2D eigenvalue weighted by atomic mass is 16.6. The van der Waals surface area contributed by atoms with E-state index < -0.39 is 49.0 Å². The van der Waals surface area contributed by atoms with Crippen molar-refractivity contribution in [3.63, 3.8) is 0 Å². The SMILES string of the molecule is CC.CC(C)C1CC(O)[C@H](O)C(CO)O1.CC(C)C1OC(CO)CC(O)[C@H]1O.OCC1CC(O)CC(O)O1. The maximum absolute atomic E-state index is 9.56. The minimum absolute atomic E-state index is 0.0736. The monoisotopic (exact) mass is 558 g/mol. The van der Waals surface area contributed by atoms with Crippen LogP contribution in [0.5, 0.6) is 0 Å². The molecule has 12 nitrogen and oxygen atoms in total. The zero-order valence-corrected chi connectivity index (χ0v) is 23.7. The van der Waals surface area contributed by atoms with Crippen LogP contribution in [0.1, 0.15) is 67.2 Å². The third-order valence-electron chi connectivity index (χ3n) is 6.53. The summed E-state index contributed by atoms with van der Waals surface area (Å²) in [6.07, 6.45) is -5.24. The van der Waals surface area contributed by atoms with E-state index in [0.717, 1.165) is 0 Å². The Bertz CT molecular complexity index is 570. The summed E-state index contributed by atoms with van der Waals surface area (Å²) < 4.78 is 15.7. The van der Waals surface area contributed by atoms with Crippen LogP contribution >= 0.6 is 0 Å². The van der Waals surface area contributed by atoms with Crippen LogP contribution in [0.3, 0.4) is 0 Å². The largest absolute Gasteiger partial charge is 0.394 e. The number of hydrogen-bond acceptors (Lipinski definition) is 12. The van der Waals surface area contributed by atoms with Crippen molar-refractivity contribution in [3.05, 3.63) is 0 Å². The molecule has 3 saturated heterocycles. The van der Waals surface area contributed by atoms with Gasteiger partial charge in [0.1, 0.15) is 18.3 Å². The van der Waals surface area contributed by atoms with E-state index in [1.54, 1.807) is 0 Å². The van der Waals surface area contributed by atoms with Gasteiger partial charge in [-0.25, -0.2) is 0 Å². The van der Waals surface area contributed by atoms with Crippen LogP contribution in [-0.4, -0.2) is 133 Å². The molecule has 0 aliphatic carbocycles. The van der Waals surface area contributed by atoms with Crippen molar-refractivity contribution in [1.29, 1.82) is 0 Å². The highest BCUT2D eigenvalue weighted by Crippen LogP contribution is 2.26. The Morgan fingerprint density at radius 3 is 1.58 bits per heavy atom. The molecule has 0 aromatic heterocycles. The van der Waals surface area contributed by atoms with E-state index in [4.69, 9.17) is 39.7 Å². The van der Waals surface area contributed by atoms with E-state index in [1.165, 1.54) is 0 Å². The predicted octanol–water partition coefficient (Wildman–Crippen LogP) is -1.11. The average molecular weight is 559 g/mol. The smallest absolute Gasteiger partial charge is 0.157 e. The van der Waals surface area contributed by atoms with Crippen molar-refractivity contribution in [2.45, 2.75) is 135 Å². The molecule has 3 aliphatic heterocycles. The number of hydrogen-bond donors (Lipinski definition) is 9. The Kier molecular flexibility index (Phi) is 19.3. The molecule has 0 radical (unpaired) electrons. The van der Waals surface area contributed by atoms with Crippen LogP contribution in [-0.2, 0) is 14.2 Å². The van der Waals surface area contributed by atoms with Gasteiger partial charge in [-0.15, -0.1) is 0 Å². The van der Waals surface area contributed by atoms with Crippen LogP contribution in [0.2, 0.25) is 0 Å². The average Bonchev–Trinajstić information content (AvgIpc) is 2.88.